The van der Waals surface area contributed by atoms with Gasteiger partial charge in [0.15, 0.2) is 5.13 Å². The average molecular weight is 327 g/mol. The van der Waals surface area contributed by atoms with Crippen molar-refractivity contribution in [3.63, 3.8) is 0 Å². The van der Waals surface area contributed by atoms with Crippen molar-refractivity contribution in [1.29, 1.82) is 0 Å². The molecule has 0 spiro atoms. The lowest BCUT2D eigenvalue weighted by molar-refractivity contribution is 0.102. The zero-order chi connectivity index (χ0) is 16.4. The molecule has 0 atom stereocenters. The molecule has 3 aromatic rings. The highest BCUT2D eigenvalue weighted by Gasteiger charge is 2.14. The Kier molecular flexibility index (Phi) is 4.16. The van der Waals surface area contributed by atoms with Crippen LogP contribution in [0.1, 0.15) is 21.6 Å². The first kappa shape index (κ1) is 15.3. The normalized spacial score (nSPS) is 10.6. The maximum Gasteiger partial charge on any atom is 0.257 e. The number of halogens is 1. The number of aromatic nitrogens is 2. The minimum Gasteiger partial charge on any atom is -0.298 e. The maximum absolute atomic E-state index is 13.4. The van der Waals surface area contributed by atoms with Gasteiger partial charge in [-0.2, -0.15) is 0 Å². The smallest absolute Gasteiger partial charge is 0.257 e. The number of hydrogen-bond acceptors (Lipinski definition) is 4. The number of carbonyl (C=O) groups is 1. The number of aryl methyl sites for hydroxylation is 2. The quantitative estimate of drug-likeness (QED) is 0.784. The van der Waals surface area contributed by atoms with Crippen LogP contribution >= 0.6 is 11.3 Å². The first-order valence-corrected chi connectivity index (χ1v) is 7.81. The SMILES string of the molecule is Cc1cnccc1C(=O)Nc1nc(C)c(-c2cccc(F)c2)s1. The molecule has 2 heterocycles. The summed E-state index contributed by atoms with van der Waals surface area (Å²) in [6.45, 7) is 3.66. The summed E-state index contributed by atoms with van der Waals surface area (Å²) in [5.41, 5.74) is 2.85. The molecule has 23 heavy (non-hydrogen) atoms. The number of nitrogens with zero attached hydrogens (tertiary/aromatic N) is 2. The summed E-state index contributed by atoms with van der Waals surface area (Å²) in [6.07, 6.45) is 3.22. The number of carbonyl (C=O) groups excluding carboxylic acids is 1. The van der Waals surface area contributed by atoms with Crippen LogP contribution in [0.25, 0.3) is 10.4 Å². The summed E-state index contributed by atoms with van der Waals surface area (Å²) in [7, 11) is 0. The third kappa shape index (κ3) is 3.27. The van der Waals surface area contributed by atoms with E-state index in [9.17, 15) is 9.18 Å². The Bertz CT molecular complexity index is 876. The number of nitrogens with one attached hydrogen (secondary N) is 1. The van der Waals surface area contributed by atoms with Crippen molar-refractivity contribution < 1.29 is 9.18 Å². The lowest BCUT2D eigenvalue weighted by Crippen LogP contribution is -2.13. The minimum atomic E-state index is -0.298. The Morgan fingerprint density at radius 2 is 2.09 bits per heavy atom. The lowest BCUT2D eigenvalue weighted by Gasteiger charge is -2.03. The van der Waals surface area contributed by atoms with E-state index in [0.29, 0.717) is 10.7 Å². The molecule has 0 saturated carbocycles. The van der Waals surface area contributed by atoms with Gasteiger partial charge in [0.05, 0.1) is 10.6 Å². The van der Waals surface area contributed by atoms with Crippen LogP contribution in [0.2, 0.25) is 0 Å². The van der Waals surface area contributed by atoms with Gasteiger partial charge in [0, 0.05) is 18.0 Å². The number of rotatable bonds is 3. The van der Waals surface area contributed by atoms with Crippen LogP contribution in [0.3, 0.4) is 0 Å². The number of pyridine rings is 1. The van der Waals surface area contributed by atoms with Crippen LogP contribution in [-0.4, -0.2) is 15.9 Å². The van der Waals surface area contributed by atoms with Crippen LogP contribution in [0.4, 0.5) is 9.52 Å². The van der Waals surface area contributed by atoms with Gasteiger partial charge in [0.25, 0.3) is 5.91 Å². The van der Waals surface area contributed by atoms with Crippen LogP contribution in [0, 0.1) is 19.7 Å². The van der Waals surface area contributed by atoms with E-state index in [4.69, 9.17) is 0 Å². The fraction of sp³-hybridized carbons (Fsp3) is 0.118. The molecule has 0 aliphatic carbocycles. The Hall–Kier alpha value is -2.60. The molecule has 1 amide bonds. The first-order chi connectivity index (χ1) is 11.0. The van der Waals surface area contributed by atoms with E-state index in [-0.39, 0.29) is 11.7 Å². The van der Waals surface area contributed by atoms with Crippen LogP contribution in [0.5, 0.6) is 0 Å². The van der Waals surface area contributed by atoms with Gasteiger partial charge in [0.2, 0.25) is 0 Å². The van der Waals surface area contributed by atoms with E-state index < -0.39 is 0 Å². The van der Waals surface area contributed by atoms with Crippen molar-refractivity contribution >= 4 is 22.4 Å². The molecule has 3 rings (SSSR count). The van der Waals surface area contributed by atoms with Gasteiger partial charge < -0.3 is 0 Å². The van der Waals surface area contributed by atoms with Crippen molar-refractivity contribution in [2.45, 2.75) is 13.8 Å². The molecule has 6 heteroatoms. The van der Waals surface area contributed by atoms with E-state index in [1.165, 1.54) is 23.5 Å². The molecule has 0 radical (unpaired) electrons. The number of thiazole rings is 1. The molecule has 1 aromatic carbocycles. The summed E-state index contributed by atoms with van der Waals surface area (Å²) in [5, 5.41) is 3.28. The fourth-order valence-electron chi connectivity index (χ4n) is 2.24. The molecule has 0 fully saturated rings. The third-order valence-electron chi connectivity index (χ3n) is 3.37. The highest BCUT2D eigenvalue weighted by molar-refractivity contribution is 7.19. The third-order valence-corrected chi connectivity index (χ3v) is 4.49. The Labute approximate surface area is 137 Å². The second kappa shape index (κ2) is 6.26. The van der Waals surface area contributed by atoms with Crippen molar-refractivity contribution in [2.24, 2.45) is 0 Å². The van der Waals surface area contributed by atoms with Crippen molar-refractivity contribution in [3.05, 3.63) is 65.4 Å². The van der Waals surface area contributed by atoms with Crippen molar-refractivity contribution in [2.75, 3.05) is 5.32 Å². The minimum absolute atomic E-state index is 0.232. The van der Waals surface area contributed by atoms with E-state index in [1.54, 1.807) is 24.5 Å². The molecule has 0 saturated heterocycles. The molecule has 0 aliphatic rings. The zero-order valence-corrected chi connectivity index (χ0v) is 13.4. The van der Waals surface area contributed by atoms with Crippen LogP contribution in [0.15, 0.2) is 42.7 Å². The molecule has 4 nitrogen and oxygen atoms in total. The summed E-state index contributed by atoms with van der Waals surface area (Å²) in [6, 6.07) is 8.00. The average Bonchev–Trinajstić information content (AvgIpc) is 2.88. The predicted octanol–water partition coefficient (Wildman–Crippen LogP) is 4.21. The van der Waals surface area contributed by atoms with Gasteiger partial charge in [-0.25, -0.2) is 9.37 Å². The van der Waals surface area contributed by atoms with Gasteiger partial charge in [0.1, 0.15) is 5.82 Å². The Morgan fingerprint density at radius 3 is 2.83 bits per heavy atom. The first-order valence-electron chi connectivity index (χ1n) is 7.00. The Morgan fingerprint density at radius 1 is 1.26 bits per heavy atom. The molecular formula is C17H14FN3OS. The largest absolute Gasteiger partial charge is 0.298 e. The maximum atomic E-state index is 13.4. The second-order valence-electron chi connectivity index (χ2n) is 5.09. The van der Waals surface area contributed by atoms with E-state index >= 15 is 0 Å². The molecular weight excluding hydrogens is 313 g/mol. The Balaban J connectivity index is 1.87. The van der Waals surface area contributed by atoms with Crippen molar-refractivity contribution in [1.82, 2.24) is 9.97 Å². The summed E-state index contributed by atoms with van der Waals surface area (Å²) in [5.74, 6) is -0.530. The predicted molar refractivity (Wildman–Crippen MR) is 89.2 cm³/mol. The van der Waals surface area contributed by atoms with Crippen molar-refractivity contribution in [3.8, 4) is 10.4 Å². The van der Waals surface area contributed by atoms with Gasteiger partial charge >= 0.3 is 0 Å². The fourth-order valence-corrected chi connectivity index (χ4v) is 3.20. The van der Waals surface area contributed by atoms with Crippen LogP contribution < -0.4 is 5.32 Å². The molecule has 0 unspecified atom stereocenters. The topological polar surface area (TPSA) is 54.9 Å². The lowest BCUT2D eigenvalue weighted by atomic mass is 10.1. The van der Waals surface area contributed by atoms with Crippen LogP contribution in [-0.2, 0) is 0 Å². The van der Waals surface area contributed by atoms with E-state index in [1.807, 2.05) is 19.9 Å². The highest BCUT2D eigenvalue weighted by atomic mass is 32.1. The molecule has 2 aromatic heterocycles. The zero-order valence-electron chi connectivity index (χ0n) is 12.6. The summed E-state index contributed by atoms with van der Waals surface area (Å²) >= 11 is 1.32. The summed E-state index contributed by atoms with van der Waals surface area (Å²) in [4.78, 5) is 21.5. The summed E-state index contributed by atoms with van der Waals surface area (Å²) < 4.78 is 13.4. The number of benzene rings is 1. The highest BCUT2D eigenvalue weighted by Crippen LogP contribution is 2.33. The van der Waals surface area contributed by atoms with Gasteiger partial charge in [-0.1, -0.05) is 23.5 Å². The second-order valence-corrected chi connectivity index (χ2v) is 6.09. The standard InChI is InChI=1S/C17H14FN3OS/c1-10-9-19-7-6-14(10)16(22)21-17-20-11(2)15(23-17)12-4-3-5-13(18)8-12/h3-9H,1-2H3,(H,20,21,22). The number of anilines is 1. The van der Waals surface area contributed by atoms with Gasteiger partial charge in [-0.05, 0) is 43.2 Å². The van der Waals surface area contributed by atoms with E-state index in [2.05, 4.69) is 15.3 Å². The molecule has 1 N–H and O–H groups in total. The molecule has 0 aliphatic heterocycles. The number of hydrogen-bond donors (Lipinski definition) is 1. The van der Waals surface area contributed by atoms with E-state index in [0.717, 1.165) is 21.7 Å². The molecule has 116 valence electrons. The number of amides is 1. The van der Waals surface area contributed by atoms with Gasteiger partial charge in [-0.15, -0.1) is 0 Å². The molecule has 0 bridgehead atoms. The van der Waals surface area contributed by atoms with Gasteiger partial charge in [-0.3, -0.25) is 15.1 Å². The monoisotopic (exact) mass is 327 g/mol.